The number of benzene rings is 2. The van der Waals surface area contributed by atoms with E-state index < -0.39 is 0 Å². The Hall–Kier alpha value is -3.51. The predicted octanol–water partition coefficient (Wildman–Crippen LogP) is 5.61. The zero-order valence-electron chi connectivity index (χ0n) is 16.8. The van der Waals surface area contributed by atoms with Crippen LogP contribution in [-0.2, 0) is 0 Å². The normalized spacial score (nSPS) is 11.7. The van der Waals surface area contributed by atoms with E-state index in [9.17, 15) is 4.79 Å². The minimum Gasteiger partial charge on any atom is -0.343 e. The van der Waals surface area contributed by atoms with E-state index in [1.54, 1.807) is 29.8 Å². The summed E-state index contributed by atoms with van der Waals surface area (Å²) < 4.78 is 0. The highest BCUT2D eigenvalue weighted by atomic mass is 32.1. The van der Waals surface area contributed by atoms with Crippen molar-refractivity contribution in [2.45, 2.75) is 19.9 Å². The molecule has 1 amide bonds. The molecule has 6 heteroatoms. The van der Waals surface area contributed by atoms with Crippen LogP contribution in [0.15, 0.2) is 79.1 Å². The van der Waals surface area contributed by atoms with Gasteiger partial charge < -0.3 is 10.6 Å². The molecule has 2 N–H and O–H groups in total. The molecule has 2 aromatic heterocycles. The quantitative estimate of drug-likeness (QED) is 0.430. The topological polar surface area (TPSA) is 66.9 Å². The number of aryl methyl sites for hydroxylation is 1. The van der Waals surface area contributed by atoms with Crippen LogP contribution in [0.3, 0.4) is 0 Å². The molecule has 0 aliphatic carbocycles. The molecular formula is C24H22N4OS. The van der Waals surface area contributed by atoms with Crippen LogP contribution < -0.4 is 10.6 Å². The predicted molar refractivity (Wildman–Crippen MR) is 122 cm³/mol. The second-order valence-electron chi connectivity index (χ2n) is 6.91. The number of aromatic nitrogens is 2. The highest BCUT2D eigenvalue weighted by molar-refractivity contribution is 7.16. The maximum Gasteiger partial charge on any atom is 0.256 e. The van der Waals surface area contributed by atoms with E-state index in [2.05, 4.69) is 46.6 Å². The summed E-state index contributed by atoms with van der Waals surface area (Å²) in [6, 6.07) is 21.0. The van der Waals surface area contributed by atoms with Gasteiger partial charge in [0.2, 0.25) is 5.95 Å². The van der Waals surface area contributed by atoms with Crippen LogP contribution in [0, 0.1) is 13.8 Å². The molecule has 0 aliphatic rings. The van der Waals surface area contributed by atoms with Crippen molar-refractivity contribution < 1.29 is 4.79 Å². The van der Waals surface area contributed by atoms with E-state index in [-0.39, 0.29) is 11.9 Å². The van der Waals surface area contributed by atoms with Gasteiger partial charge in [-0.05, 0) is 43.2 Å². The molecule has 2 aromatic carbocycles. The summed E-state index contributed by atoms with van der Waals surface area (Å²) in [4.78, 5) is 22.7. The van der Waals surface area contributed by atoms with Crippen LogP contribution in [0.5, 0.6) is 0 Å². The number of hydrogen-bond donors (Lipinski definition) is 2. The fourth-order valence-corrected chi connectivity index (χ4v) is 4.41. The van der Waals surface area contributed by atoms with Crippen LogP contribution in [-0.4, -0.2) is 15.9 Å². The lowest BCUT2D eigenvalue weighted by atomic mass is 9.96. The number of nitrogens with one attached hydrogen (secondary N) is 2. The summed E-state index contributed by atoms with van der Waals surface area (Å²) in [6.45, 7) is 4.16. The lowest BCUT2D eigenvalue weighted by molar-refractivity contribution is 0.102. The first kappa shape index (κ1) is 19.8. The lowest BCUT2D eigenvalue weighted by Crippen LogP contribution is -2.18. The average molecular weight is 415 g/mol. The minimum atomic E-state index is -0.204. The molecule has 0 bridgehead atoms. The molecule has 2 heterocycles. The molecule has 4 aromatic rings. The highest BCUT2D eigenvalue weighted by Gasteiger charge is 2.25. The van der Waals surface area contributed by atoms with Gasteiger partial charge in [0.05, 0.1) is 6.04 Å². The second-order valence-corrected chi connectivity index (χ2v) is 8.13. The van der Waals surface area contributed by atoms with Gasteiger partial charge >= 0.3 is 0 Å². The number of hydrogen-bond acceptors (Lipinski definition) is 5. The largest absolute Gasteiger partial charge is 0.343 e. The Morgan fingerprint density at radius 3 is 2.20 bits per heavy atom. The number of carbonyl (C=O) groups is 1. The van der Waals surface area contributed by atoms with Crippen LogP contribution in [0.4, 0.5) is 10.9 Å². The molecule has 0 radical (unpaired) electrons. The smallest absolute Gasteiger partial charge is 0.256 e. The molecule has 0 saturated heterocycles. The summed E-state index contributed by atoms with van der Waals surface area (Å²) in [7, 11) is 0. The van der Waals surface area contributed by atoms with Crippen molar-refractivity contribution in [1.29, 1.82) is 0 Å². The van der Waals surface area contributed by atoms with Gasteiger partial charge in [-0.25, -0.2) is 9.97 Å². The van der Waals surface area contributed by atoms with Crippen molar-refractivity contribution in [3.63, 3.8) is 0 Å². The van der Waals surface area contributed by atoms with Crippen LogP contribution >= 0.6 is 11.3 Å². The number of anilines is 2. The van der Waals surface area contributed by atoms with Crippen molar-refractivity contribution >= 4 is 28.2 Å². The van der Waals surface area contributed by atoms with Crippen molar-refractivity contribution in [3.05, 3.63) is 106 Å². The molecule has 30 heavy (non-hydrogen) atoms. The molecule has 0 unspecified atom stereocenters. The van der Waals surface area contributed by atoms with Gasteiger partial charge in [0, 0.05) is 28.4 Å². The van der Waals surface area contributed by atoms with E-state index in [1.165, 1.54) is 0 Å². The Morgan fingerprint density at radius 1 is 0.900 bits per heavy atom. The fourth-order valence-electron chi connectivity index (χ4n) is 3.32. The van der Waals surface area contributed by atoms with Crippen molar-refractivity contribution in [2.75, 3.05) is 10.6 Å². The van der Waals surface area contributed by atoms with Gasteiger partial charge in [-0.1, -0.05) is 48.5 Å². The Balaban J connectivity index is 1.76. The number of thiophene rings is 1. The summed E-state index contributed by atoms with van der Waals surface area (Å²) in [5.41, 5.74) is 3.87. The summed E-state index contributed by atoms with van der Waals surface area (Å²) in [5, 5.41) is 7.41. The molecule has 0 saturated carbocycles. The standard InChI is InChI=1S/C24H22N4OS/c1-16-17(2)30-23(28-22(29)19-12-7-4-8-13-19)20(16)21(18-10-5-3-6-11-18)27-24-25-14-9-15-26-24/h3-15,21H,1-2H3,(H,28,29)(H,25,26,27)/t21-/m0/s1. The van der Waals surface area contributed by atoms with Crippen LogP contribution in [0.1, 0.15) is 38.0 Å². The monoisotopic (exact) mass is 414 g/mol. The first-order valence-corrected chi connectivity index (χ1v) is 10.5. The number of rotatable bonds is 6. The van der Waals surface area contributed by atoms with E-state index in [4.69, 9.17) is 0 Å². The molecular weight excluding hydrogens is 392 g/mol. The van der Waals surface area contributed by atoms with Crippen LogP contribution in [0.2, 0.25) is 0 Å². The average Bonchev–Trinajstić information content (AvgIpc) is 3.07. The summed E-state index contributed by atoms with van der Waals surface area (Å²) >= 11 is 1.58. The van der Waals surface area contributed by atoms with E-state index >= 15 is 0 Å². The number of nitrogens with zero attached hydrogens (tertiary/aromatic N) is 2. The number of amides is 1. The zero-order valence-corrected chi connectivity index (χ0v) is 17.6. The van der Waals surface area contributed by atoms with E-state index in [0.29, 0.717) is 11.5 Å². The first-order valence-electron chi connectivity index (χ1n) is 9.68. The maximum atomic E-state index is 12.9. The lowest BCUT2D eigenvalue weighted by Gasteiger charge is -2.21. The summed E-state index contributed by atoms with van der Waals surface area (Å²) in [5.74, 6) is 0.413. The molecule has 5 nitrogen and oxygen atoms in total. The van der Waals surface area contributed by atoms with E-state index in [0.717, 1.165) is 26.6 Å². The number of carbonyl (C=O) groups excluding carboxylic acids is 1. The van der Waals surface area contributed by atoms with Gasteiger partial charge in [-0.15, -0.1) is 11.3 Å². The highest BCUT2D eigenvalue weighted by Crippen LogP contribution is 2.40. The van der Waals surface area contributed by atoms with Crippen molar-refractivity contribution in [2.24, 2.45) is 0 Å². The molecule has 1 atom stereocenters. The fraction of sp³-hybridized carbons (Fsp3) is 0.125. The maximum absolute atomic E-state index is 12.9. The molecule has 0 fully saturated rings. The minimum absolute atomic E-state index is 0.124. The van der Waals surface area contributed by atoms with Crippen LogP contribution in [0.25, 0.3) is 0 Å². The molecule has 4 rings (SSSR count). The molecule has 0 spiro atoms. The van der Waals surface area contributed by atoms with Gasteiger partial charge in [0.25, 0.3) is 5.91 Å². The van der Waals surface area contributed by atoms with Crippen molar-refractivity contribution in [1.82, 2.24) is 9.97 Å². The third-order valence-electron chi connectivity index (χ3n) is 4.96. The van der Waals surface area contributed by atoms with Gasteiger partial charge in [0.15, 0.2) is 0 Å². The molecule has 150 valence electrons. The zero-order chi connectivity index (χ0) is 20.9. The van der Waals surface area contributed by atoms with Gasteiger partial charge in [0.1, 0.15) is 5.00 Å². The Morgan fingerprint density at radius 2 is 1.53 bits per heavy atom. The first-order chi connectivity index (χ1) is 14.6. The van der Waals surface area contributed by atoms with E-state index in [1.807, 2.05) is 48.5 Å². The van der Waals surface area contributed by atoms with Crippen molar-refractivity contribution in [3.8, 4) is 0 Å². The third kappa shape index (κ3) is 4.23. The Kier molecular flexibility index (Phi) is 5.86. The van der Waals surface area contributed by atoms with Gasteiger partial charge in [-0.3, -0.25) is 4.79 Å². The third-order valence-corrected chi connectivity index (χ3v) is 6.09. The SMILES string of the molecule is Cc1sc(NC(=O)c2ccccc2)c([C@@H](Nc2ncccn2)c2ccccc2)c1C. The Labute approximate surface area is 179 Å². The Bertz CT molecular complexity index is 1130. The van der Waals surface area contributed by atoms with Gasteiger partial charge in [-0.2, -0.15) is 0 Å². The summed E-state index contributed by atoms with van der Waals surface area (Å²) in [6.07, 6.45) is 3.42. The molecule has 0 aliphatic heterocycles. The second kappa shape index (κ2) is 8.88.